The zero-order valence-electron chi connectivity index (χ0n) is 11.4. The molecule has 0 saturated carbocycles. The maximum Gasteiger partial charge on any atom is 0.329 e. The molecule has 0 aromatic heterocycles. The van der Waals surface area contributed by atoms with Gasteiger partial charge < -0.3 is 19.9 Å². The van der Waals surface area contributed by atoms with Gasteiger partial charge in [-0.15, -0.1) is 0 Å². The van der Waals surface area contributed by atoms with Gasteiger partial charge in [-0.25, -0.2) is 4.79 Å². The Morgan fingerprint density at radius 1 is 1.48 bits per heavy atom. The Kier molecular flexibility index (Phi) is 5.47. The van der Waals surface area contributed by atoms with E-state index in [-0.39, 0.29) is 23.8 Å². The molecule has 1 aromatic rings. The molecular formula is C12H14N2O7. The van der Waals surface area contributed by atoms with E-state index in [9.17, 15) is 19.7 Å². The predicted molar refractivity (Wildman–Crippen MR) is 70.4 cm³/mol. The van der Waals surface area contributed by atoms with Gasteiger partial charge in [-0.05, 0) is 12.1 Å². The molecule has 9 heteroatoms. The molecule has 1 rings (SSSR count). The Bertz CT molecular complexity index is 559. The van der Waals surface area contributed by atoms with Gasteiger partial charge in [0.1, 0.15) is 12.4 Å². The van der Waals surface area contributed by atoms with E-state index in [4.69, 9.17) is 14.6 Å². The van der Waals surface area contributed by atoms with Crippen LogP contribution in [0.2, 0.25) is 0 Å². The third kappa shape index (κ3) is 4.64. The lowest BCUT2D eigenvalue weighted by atomic mass is 10.2. The molecule has 0 spiro atoms. The molecular weight excluding hydrogens is 284 g/mol. The van der Waals surface area contributed by atoms with E-state index < -0.39 is 22.8 Å². The summed E-state index contributed by atoms with van der Waals surface area (Å²) >= 11 is 0. The predicted octanol–water partition coefficient (Wildman–Crippen LogP) is 0.571. The monoisotopic (exact) mass is 298 g/mol. The SMILES string of the molecule is COc1ccc(OCC(NC(C)=O)C(=O)O)cc1[N+](=O)[O-]. The minimum Gasteiger partial charge on any atom is -0.491 e. The van der Waals surface area contributed by atoms with E-state index in [0.717, 1.165) is 6.07 Å². The first-order valence-electron chi connectivity index (χ1n) is 5.80. The van der Waals surface area contributed by atoms with Gasteiger partial charge in [-0.2, -0.15) is 0 Å². The highest BCUT2D eigenvalue weighted by Gasteiger charge is 2.21. The van der Waals surface area contributed by atoms with Crippen LogP contribution in [0.1, 0.15) is 6.92 Å². The molecule has 0 bridgehead atoms. The summed E-state index contributed by atoms with van der Waals surface area (Å²) in [4.78, 5) is 32.0. The highest BCUT2D eigenvalue weighted by molar-refractivity contribution is 5.82. The minimum atomic E-state index is -1.27. The minimum absolute atomic E-state index is 0.0593. The molecule has 0 heterocycles. The smallest absolute Gasteiger partial charge is 0.329 e. The molecule has 2 N–H and O–H groups in total. The Labute approximate surface area is 119 Å². The number of nitrogens with one attached hydrogen (secondary N) is 1. The first-order chi connectivity index (χ1) is 9.85. The fourth-order valence-corrected chi connectivity index (χ4v) is 1.50. The second kappa shape index (κ2) is 7.08. The van der Waals surface area contributed by atoms with Crippen LogP contribution in [-0.4, -0.2) is 41.7 Å². The number of carbonyl (C=O) groups is 2. The van der Waals surface area contributed by atoms with Crippen molar-refractivity contribution in [2.75, 3.05) is 13.7 Å². The van der Waals surface area contributed by atoms with Crippen LogP contribution in [0.15, 0.2) is 18.2 Å². The number of nitro groups is 1. The van der Waals surface area contributed by atoms with E-state index in [1.54, 1.807) is 0 Å². The van der Waals surface area contributed by atoms with Gasteiger partial charge in [0.05, 0.1) is 18.1 Å². The zero-order valence-corrected chi connectivity index (χ0v) is 11.4. The van der Waals surface area contributed by atoms with Crippen molar-refractivity contribution in [2.24, 2.45) is 0 Å². The summed E-state index contributed by atoms with van der Waals surface area (Å²) < 4.78 is 9.99. The van der Waals surface area contributed by atoms with Crippen LogP contribution < -0.4 is 14.8 Å². The molecule has 1 amide bonds. The van der Waals surface area contributed by atoms with E-state index in [1.807, 2.05) is 0 Å². The first-order valence-corrected chi connectivity index (χ1v) is 5.80. The fourth-order valence-electron chi connectivity index (χ4n) is 1.50. The Balaban J connectivity index is 2.83. The summed E-state index contributed by atoms with van der Waals surface area (Å²) in [6.45, 7) is 0.812. The summed E-state index contributed by atoms with van der Waals surface area (Å²) in [6, 6.07) is 2.61. The number of hydrogen-bond acceptors (Lipinski definition) is 6. The van der Waals surface area contributed by atoms with Crippen molar-refractivity contribution in [1.82, 2.24) is 5.32 Å². The third-order valence-corrected chi connectivity index (χ3v) is 2.44. The normalized spacial score (nSPS) is 11.3. The van der Waals surface area contributed by atoms with Crippen molar-refractivity contribution in [2.45, 2.75) is 13.0 Å². The van der Waals surface area contributed by atoms with Gasteiger partial charge in [0, 0.05) is 6.92 Å². The molecule has 114 valence electrons. The first kappa shape index (κ1) is 16.2. The van der Waals surface area contributed by atoms with Crippen LogP contribution in [0.3, 0.4) is 0 Å². The summed E-state index contributed by atoms with van der Waals surface area (Å²) in [5.41, 5.74) is -0.304. The zero-order chi connectivity index (χ0) is 16.0. The number of rotatable bonds is 7. The van der Waals surface area contributed by atoms with Gasteiger partial charge in [0.25, 0.3) is 0 Å². The van der Waals surface area contributed by atoms with Crippen LogP contribution >= 0.6 is 0 Å². The number of carboxylic acid groups (broad SMARTS) is 1. The lowest BCUT2D eigenvalue weighted by molar-refractivity contribution is -0.385. The van der Waals surface area contributed by atoms with E-state index in [2.05, 4.69) is 5.32 Å². The molecule has 0 aliphatic heterocycles. The van der Waals surface area contributed by atoms with Crippen LogP contribution in [0.4, 0.5) is 5.69 Å². The molecule has 1 aromatic carbocycles. The van der Waals surface area contributed by atoms with Gasteiger partial charge in [-0.3, -0.25) is 14.9 Å². The average molecular weight is 298 g/mol. The van der Waals surface area contributed by atoms with Crippen LogP contribution in [0.25, 0.3) is 0 Å². The molecule has 0 radical (unpaired) electrons. The molecule has 1 unspecified atom stereocenters. The fraction of sp³-hybridized carbons (Fsp3) is 0.333. The molecule has 0 saturated heterocycles. The number of aliphatic carboxylic acids is 1. The van der Waals surface area contributed by atoms with Crippen molar-refractivity contribution < 1.29 is 29.1 Å². The molecule has 0 aliphatic rings. The largest absolute Gasteiger partial charge is 0.491 e. The summed E-state index contributed by atoms with van der Waals surface area (Å²) in [5.74, 6) is -1.64. The Hall–Kier alpha value is -2.84. The second-order valence-electron chi connectivity index (χ2n) is 3.99. The number of hydrogen-bond donors (Lipinski definition) is 2. The number of benzene rings is 1. The Morgan fingerprint density at radius 3 is 2.62 bits per heavy atom. The lowest BCUT2D eigenvalue weighted by Crippen LogP contribution is -2.43. The number of carboxylic acids is 1. The van der Waals surface area contributed by atoms with Crippen molar-refractivity contribution in [3.8, 4) is 11.5 Å². The number of amides is 1. The van der Waals surface area contributed by atoms with Gasteiger partial charge in [0.2, 0.25) is 5.91 Å². The van der Waals surface area contributed by atoms with Gasteiger partial charge >= 0.3 is 11.7 Å². The lowest BCUT2D eigenvalue weighted by Gasteiger charge is -2.14. The summed E-state index contributed by atoms with van der Waals surface area (Å²) in [6.07, 6.45) is 0. The molecule has 9 nitrogen and oxygen atoms in total. The van der Waals surface area contributed by atoms with Crippen molar-refractivity contribution in [1.29, 1.82) is 0 Å². The number of nitrogens with zero attached hydrogens (tertiary/aromatic N) is 1. The highest BCUT2D eigenvalue weighted by atomic mass is 16.6. The average Bonchev–Trinajstić information content (AvgIpc) is 2.42. The number of ether oxygens (including phenoxy) is 2. The van der Waals surface area contributed by atoms with Crippen molar-refractivity contribution >= 4 is 17.6 Å². The van der Waals surface area contributed by atoms with Gasteiger partial charge in [0.15, 0.2) is 11.8 Å². The summed E-state index contributed by atoms with van der Waals surface area (Å²) in [7, 11) is 1.29. The van der Waals surface area contributed by atoms with Crippen LogP contribution in [0, 0.1) is 10.1 Å². The van der Waals surface area contributed by atoms with E-state index in [0.29, 0.717) is 0 Å². The standard InChI is InChI=1S/C12H14N2O7/c1-7(15)13-9(12(16)17)6-21-8-3-4-11(20-2)10(5-8)14(18)19/h3-5,9H,6H2,1-2H3,(H,13,15)(H,16,17). The molecule has 0 fully saturated rings. The van der Waals surface area contributed by atoms with Crippen LogP contribution in [0.5, 0.6) is 11.5 Å². The maximum absolute atomic E-state index is 10.9. The number of carbonyl (C=O) groups excluding carboxylic acids is 1. The number of methoxy groups -OCH3 is 1. The molecule has 1 atom stereocenters. The van der Waals surface area contributed by atoms with Crippen molar-refractivity contribution in [3.05, 3.63) is 28.3 Å². The quantitative estimate of drug-likeness (QED) is 0.556. The van der Waals surface area contributed by atoms with Crippen molar-refractivity contribution in [3.63, 3.8) is 0 Å². The number of nitro benzene ring substituents is 1. The van der Waals surface area contributed by atoms with E-state index >= 15 is 0 Å². The van der Waals surface area contributed by atoms with E-state index in [1.165, 1.54) is 26.2 Å². The summed E-state index contributed by atoms with van der Waals surface area (Å²) in [5, 5.41) is 21.9. The molecule has 0 aliphatic carbocycles. The van der Waals surface area contributed by atoms with Crippen LogP contribution in [-0.2, 0) is 9.59 Å². The topological polar surface area (TPSA) is 128 Å². The molecule has 21 heavy (non-hydrogen) atoms. The second-order valence-corrected chi connectivity index (χ2v) is 3.99. The van der Waals surface area contributed by atoms with Gasteiger partial charge in [-0.1, -0.05) is 0 Å². The maximum atomic E-state index is 10.9. The highest BCUT2D eigenvalue weighted by Crippen LogP contribution is 2.30. The third-order valence-electron chi connectivity index (χ3n) is 2.44. The Morgan fingerprint density at radius 2 is 2.14 bits per heavy atom.